The van der Waals surface area contributed by atoms with Gasteiger partial charge in [0.25, 0.3) is 0 Å². The number of hydrogen-bond acceptors (Lipinski definition) is 5. The van der Waals surface area contributed by atoms with Crippen LogP contribution in [0.3, 0.4) is 0 Å². The molecule has 0 aromatic heterocycles. The maximum Gasteiger partial charge on any atom is 0.409 e. The van der Waals surface area contributed by atoms with Crippen molar-refractivity contribution in [1.29, 1.82) is 0 Å². The Bertz CT molecular complexity index is 689. The highest BCUT2D eigenvalue weighted by Crippen LogP contribution is 2.36. The summed E-state index contributed by atoms with van der Waals surface area (Å²) in [6.45, 7) is 3.27. The molecule has 7 nitrogen and oxygen atoms in total. The van der Waals surface area contributed by atoms with E-state index in [0.29, 0.717) is 32.5 Å². The number of hydrogen-bond donors (Lipinski definition) is 2. The first-order valence-electron chi connectivity index (χ1n) is 8.84. The smallest absolute Gasteiger partial charge is 0.409 e. The van der Waals surface area contributed by atoms with E-state index in [-0.39, 0.29) is 30.4 Å². The number of likely N-dealkylation sites (tertiary alicyclic amines) is 1. The third-order valence-electron chi connectivity index (χ3n) is 4.46. The van der Waals surface area contributed by atoms with E-state index in [9.17, 15) is 14.4 Å². The molecule has 1 saturated heterocycles. The zero-order valence-corrected chi connectivity index (χ0v) is 15.5. The summed E-state index contributed by atoms with van der Waals surface area (Å²) < 4.78 is 4.99. The molecule has 2 aliphatic heterocycles. The zero-order chi connectivity index (χ0) is 18.5. The van der Waals surface area contributed by atoms with Gasteiger partial charge in [0.05, 0.1) is 17.5 Å². The van der Waals surface area contributed by atoms with E-state index in [4.69, 9.17) is 4.74 Å². The van der Waals surface area contributed by atoms with E-state index in [2.05, 4.69) is 10.6 Å². The summed E-state index contributed by atoms with van der Waals surface area (Å²) in [7, 11) is 0. The third kappa shape index (κ3) is 4.49. The lowest BCUT2D eigenvalue weighted by molar-refractivity contribution is -0.124. The molecule has 0 bridgehead atoms. The van der Waals surface area contributed by atoms with Crippen molar-refractivity contribution in [3.8, 4) is 0 Å². The lowest BCUT2D eigenvalue weighted by Crippen LogP contribution is -2.47. The van der Waals surface area contributed by atoms with Gasteiger partial charge in [0.15, 0.2) is 0 Å². The molecule has 2 aliphatic rings. The van der Waals surface area contributed by atoms with Crippen LogP contribution in [0.1, 0.15) is 26.2 Å². The third-order valence-corrected chi connectivity index (χ3v) is 5.74. The number of nitrogens with one attached hydrogen (secondary N) is 2. The molecule has 1 unspecified atom stereocenters. The van der Waals surface area contributed by atoms with E-state index in [1.807, 2.05) is 24.3 Å². The van der Waals surface area contributed by atoms with E-state index < -0.39 is 5.25 Å². The number of piperidine rings is 1. The molecule has 26 heavy (non-hydrogen) atoms. The average Bonchev–Trinajstić information content (AvgIpc) is 2.63. The number of carbonyl (C=O) groups is 3. The summed E-state index contributed by atoms with van der Waals surface area (Å²) in [6, 6.07) is 7.60. The molecule has 0 saturated carbocycles. The Hall–Kier alpha value is -2.22. The monoisotopic (exact) mass is 377 g/mol. The molecule has 1 fully saturated rings. The lowest BCUT2D eigenvalue weighted by atomic mass is 10.1. The number of anilines is 1. The molecule has 1 atom stereocenters. The Kier molecular flexibility index (Phi) is 6.03. The number of amides is 3. The van der Waals surface area contributed by atoms with Gasteiger partial charge in [-0.15, -0.1) is 11.8 Å². The van der Waals surface area contributed by atoms with Crippen LogP contribution in [-0.2, 0) is 14.3 Å². The number of carbonyl (C=O) groups excluding carboxylic acids is 3. The maximum atomic E-state index is 12.3. The average molecular weight is 377 g/mol. The molecule has 0 spiro atoms. The summed E-state index contributed by atoms with van der Waals surface area (Å²) >= 11 is 1.42. The normalized spacial score (nSPS) is 20.1. The standard InChI is InChI=1S/C18H23N3O4S/c1-2-25-18(24)21-9-7-12(8-10-21)19-16(22)11-15-17(23)20-13-5-3-4-6-14(13)26-15/h3-6,12,15H,2,7-11H2,1H3,(H,19,22)(H,20,23). The largest absolute Gasteiger partial charge is 0.450 e. The Morgan fingerprint density at radius 2 is 2.04 bits per heavy atom. The predicted molar refractivity (Wildman–Crippen MR) is 99.1 cm³/mol. The lowest BCUT2D eigenvalue weighted by Gasteiger charge is -2.32. The van der Waals surface area contributed by atoms with Gasteiger partial charge < -0.3 is 20.3 Å². The molecule has 8 heteroatoms. The minimum absolute atomic E-state index is 0.0251. The highest BCUT2D eigenvalue weighted by molar-refractivity contribution is 8.01. The molecular formula is C18H23N3O4S. The Morgan fingerprint density at radius 3 is 2.77 bits per heavy atom. The second-order valence-electron chi connectivity index (χ2n) is 6.32. The van der Waals surface area contributed by atoms with E-state index in [1.165, 1.54) is 11.8 Å². The fourth-order valence-electron chi connectivity index (χ4n) is 3.10. The number of fused-ring (bicyclic) bond motifs is 1. The molecule has 2 heterocycles. The van der Waals surface area contributed by atoms with Crippen LogP contribution in [0.2, 0.25) is 0 Å². The summed E-state index contributed by atoms with van der Waals surface area (Å²) in [4.78, 5) is 38.9. The predicted octanol–water partition coefficient (Wildman–Crippen LogP) is 2.23. The van der Waals surface area contributed by atoms with Crippen LogP contribution < -0.4 is 10.6 Å². The van der Waals surface area contributed by atoms with Crippen LogP contribution in [0.25, 0.3) is 0 Å². The summed E-state index contributed by atoms with van der Waals surface area (Å²) in [5.74, 6) is -0.271. The van der Waals surface area contributed by atoms with Crippen LogP contribution in [0.5, 0.6) is 0 Å². The first-order valence-corrected chi connectivity index (χ1v) is 9.72. The van der Waals surface area contributed by atoms with E-state index >= 15 is 0 Å². The topological polar surface area (TPSA) is 87.7 Å². The number of para-hydroxylation sites is 1. The highest BCUT2D eigenvalue weighted by atomic mass is 32.2. The van der Waals surface area contributed by atoms with Crippen molar-refractivity contribution in [2.75, 3.05) is 25.0 Å². The molecule has 1 aromatic rings. The molecule has 0 radical (unpaired) electrons. The van der Waals surface area contributed by atoms with Gasteiger partial charge in [0, 0.05) is 30.4 Å². The number of rotatable bonds is 4. The van der Waals surface area contributed by atoms with Crippen molar-refractivity contribution in [3.05, 3.63) is 24.3 Å². The van der Waals surface area contributed by atoms with Gasteiger partial charge in [-0.3, -0.25) is 9.59 Å². The number of thioether (sulfide) groups is 1. The van der Waals surface area contributed by atoms with Gasteiger partial charge in [-0.05, 0) is 31.9 Å². The second kappa shape index (κ2) is 8.44. The van der Waals surface area contributed by atoms with Crippen molar-refractivity contribution < 1.29 is 19.1 Å². The zero-order valence-electron chi connectivity index (χ0n) is 14.7. The molecule has 3 rings (SSSR count). The fourth-order valence-corrected chi connectivity index (χ4v) is 4.21. The Labute approximate surface area is 156 Å². The quantitative estimate of drug-likeness (QED) is 0.840. The second-order valence-corrected chi connectivity index (χ2v) is 7.57. The molecule has 1 aromatic carbocycles. The number of nitrogens with zero attached hydrogens (tertiary/aromatic N) is 1. The van der Waals surface area contributed by atoms with Gasteiger partial charge in [-0.2, -0.15) is 0 Å². The fraction of sp³-hybridized carbons (Fsp3) is 0.500. The van der Waals surface area contributed by atoms with Crippen molar-refractivity contribution >= 4 is 35.4 Å². The summed E-state index contributed by atoms with van der Waals surface area (Å²) in [5.41, 5.74) is 0.797. The molecule has 140 valence electrons. The van der Waals surface area contributed by atoms with E-state index in [1.54, 1.807) is 11.8 Å². The van der Waals surface area contributed by atoms with Crippen LogP contribution in [-0.4, -0.2) is 53.8 Å². The first kappa shape index (κ1) is 18.6. The van der Waals surface area contributed by atoms with Crippen LogP contribution >= 0.6 is 11.8 Å². The van der Waals surface area contributed by atoms with Crippen molar-refractivity contribution in [1.82, 2.24) is 10.2 Å². The minimum atomic E-state index is -0.426. The van der Waals surface area contributed by atoms with Crippen molar-refractivity contribution in [2.45, 2.75) is 42.4 Å². The number of ether oxygens (including phenoxy) is 1. The van der Waals surface area contributed by atoms with Gasteiger partial charge in [-0.1, -0.05) is 12.1 Å². The van der Waals surface area contributed by atoms with Crippen LogP contribution in [0.15, 0.2) is 29.2 Å². The SMILES string of the molecule is CCOC(=O)N1CCC(NC(=O)CC2Sc3ccccc3NC2=O)CC1. The van der Waals surface area contributed by atoms with Gasteiger partial charge in [0.1, 0.15) is 0 Å². The first-order chi connectivity index (χ1) is 12.6. The van der Waals surface area contributed by atoms with Crippen molar-refractivity contribution in [3.63, 3.8) is 0 Å². The molecule has 3 amide bonds. The van der Waals surface area contributed by atoms with Gasteiger partial charge in [0.2, 0.25) is 11.8 Å². The van der Waals surface area contributed by atoms with Crippen LogP contribution in [0.4, 0.5) is 10.5 Å². The maximum absolute atomic E-state index is 12.3. The minimum Gasteiger partial charge on any atom is -0.450 e. The summed E-state index contributed by atoms with van der Waals surface area (Å²) in [5, 5.41) is 5.42. The highest BCUT2D eigenvalue weighted by Gasteiger charge is 2.30. The number of benzene rings is 1. The Morgan fingerprint density at radius 1 is 1.31 bits per heavy atom. The van der Waals surface area contributed by atoms with Crippen molar-refractivity contribution in [2.24, 2.45) is 0 Å². The van der Waals surface area contributed by atoms with Crippen LogP contribution in [0, 0.1) is 0 Å². The van der Waals surface area contributed by atoms with E-state index in [0.717, 1.165) is 10.6 Å². The molecular weight excluding hydrogens is 354 g/mol. The van der Waals surface area contributed by atoms with Gasteiger partial charge >= 0.3 is 6.09 Å². The molecule has 0 aliphatic carbocycles. The Balaban J connectivity index is 1.46. The molecule has 2 N–H and O–H groups in total. The summed E-state index contributed by atoms with van der Waals surface area (Å²) in [6.07, 6.45) is 1.23. The van der Waals surface area contributed by atoms with Gasteiger partial charge in [-0.25, -0.2) is 4.79 Å².